The maximum atomic E-state index is 11.9. The zero-order valence-electron chi connectivity index (χ0n) is 14.2. The van der Waals surface area contributed by atoms with Crippen molar-refractivity contribution in [2.45, 2.75) is 13.5 Å². The van der Waals surface area contributed by atoms with Crippen molar-refractivity contribution >= 4 is 28.3 Å². The van der Waals surface area contributed by atoms with Gasteiger partial charge in [0.15, 0.2) is 0 Å². The van der Waals surface area contributed by atoms with E-state index in [0.29, 0.717) is 17.2 Å². The van der Waals surface area contributed by atoms with E-state index >= 15 is 0 Å². The van der Waals surface area contributed by atoms with Gasteiger partial charge in [-0.05, 0) is 30.2 Å². The molecule has 4 rings (SSSR count). The van der Waals surface area contributed by atoms with Crippen LogP contribution in [0.5, 0.6) is 5.75 Å². The molecular formula is C20H17N3O2S. The summed E-state index contributed by atoms with van der Waals surface area (Å²) >= 11 is 1.30. The number of nitrogens with zero attached hydrogens (tertiary/aromatic N) is 2. The van der Waals surface area contributed by atoms with Crippen LogP contribution in [0.2, 0.25) is 0 Å². The average Bonchev–Trinajstić information content (AvgIpc) is 3.25. The molecule has 0 aliphatic carbocycles. The molecule has 0 saturated heterocycles. The molecule has 5 nitrogen and oxygen atoms in total. The highest BCUT2D eigenvalue weighted by molar-refractivity contribution is 7.16. The fourth-order valence-corrected chi connectivity index (χ4v) is 3.76. The van der Waals surface area contributed by atoms with Crippen molar-refractivity contribution in [3.63, 3.8) is 0 Å². The van der Waals surface area contributed by atoms with Gasteiger partial charge in [-0.15, -0.1) is 11.3 Å². The standard InChI is InChI=1S/C20H17N3O2S/c1-13-6-2-3-7-14(13)11-25-17-10-18(26-19(17)20(21)24)23-12-22-15-8-4-5-9-16(15)23/h2-10,12H,11H2,1H3,(H2,21,24). The molecule has 0 aliphatic rings. The molecule has 2 aromatic heterocycles. The number of carbonyl (C=O) groups excluding carboxylic acids is 1. The molecule has 4 aromatic rings. The first-order valence-corrected chi connectivity index (χ1v) is 8.98. The molecule has 0 spiro atoms. The smallest absolute Gasteiger partial charge is 0.262 e. The number of aryl methyl sites for hydroxylation is 1. The number of primary amides is 1. The van der Waals surface area contributed by atoms with E-state index in [1.54, 1.807) is 6.33 Å². The number of fused-ring (bicyclic) bond motifs is 1. The number of amides is 1. The minimum atomic E-state index is -0.495. The van der Waals surface area contributed by atoms with E-state index in [1.807, 2.05) is 66.1 Å². The highest BCUT2D eigenvalue weighted by atomic mass is 32.1. The molecule has 0 fully saturated rings. The van der Waals surface area contributed by atoms with E-state index in [4.69, 9.17) is 10.5 Å². The van der Waals surface area contributed by atoms with Crippen LogP contribution in [0, 0.1) is 6.92 Å². The number of carbonyl (C=O) groups is 1. The molecule has 26 heavy (non-hydrogen) atoms. The molecule has 0 aliphatic heterocycles. The molecule has 0 unspecified atom stereocenters. The lowest BCUT2D eigenvalue weighted by molar-refractivity contribution is 0.1000. The second-order valence-corrected chi connectivity index (χ2v) is 6.99. The van der Waals surface area contributed by atoms with Crippen LogP contribution in [0.15, 0.2) is 60.9 Å². The quantitative estimate of drug-likeness (QED) is 0.581. The SMILES string of the molecule is Cc1ccccc1COc1cc(-n2cnc3ccccc32)sc1C(N)=O. The molecule has 6 heteroatoms. The fourth-order valence-electron chi connectivity index (χ4n) is 2.82. The van der Waals surface area contributed by atoms with Gasteiger partial charge in [-0.3, -0.25) is 9.36 Å². The van der Waals surface area contributed by atoms with Gasteiger partial charge < -0.3 is 10.5 Å². The van der Waals surface area contributed by atoms with E-state index < -0.39 is 5.91 Å². The molecular weight excluding hydrogens is 346 g/mol. The lowest BCUT2D eigenvalue weighted by atomic mass is 10.1. The molecule has 2 N–H and O–H groups in total. The summed E-state index contributed by atoms with van der Waals surface area (Å²) in [5, 5.41) is 0.840. The summed E-state index contributed by atoms with van der Waals surface area (Å²) in [6.45, 7) is 2.41. The van der Waals surface area contributed by atoms with Gasteiger partial charge in [0.1, 0.15) is 28.6 Å². The summed E-state index contributed by atoms with van der Waals surface area (Å²) in [7, 11) is 0. The van der Waals surface area contributed by atoms with Crippen molar-refractivity contribution in [3.8, 4) is 10.8 Å². The number of para-hydroxylation sites is 2. The number of hydrogen-bond acceptors (Lipinski definition) is 4. The fraction of sp³-hybridized carbons (Fsp3) is 0.100. The number of ether oxygens (including phenoxy) is 1. The average molecular weight is 363 g/mol. The summed E-state index contributed by atoms with van der Waals surface area (Å²) < 4.78 is 7.87. The minimum absolute atomic E-state index is 0.383. The van der Waals surface area contributed by atoms with Gasteiger partial charge >= 0.3 is 0 Å². The summed E-state index contributed by atoms with van der Waals surface area (Å²) in [6, 6.07) is 17.7. The number of aromatic nitrogens is 2. The minimum Gasteiger partial charge on any atom is -0.487 e. The summed E-state index contributed by atoms with van der Waals surface area (Å²) in [6.07, 6.45) is 1.74. The maximum Gasteiger partial charge on any atom is 0.262 e. The molecule has 0 bridgehead atoms. The number of thiophene rings is 1. The zero-order valence-corrected chi connectivity index (χ0v) is 15.0. The van der Waals surface area contributed by atoms with Crippen LogP contribution in [-0.4, -0.2) is 15.5 Å². The number of imidazole rings is 1. The molecule has 0 atom stereocenters. The molecule has 130 valence electrons. The second kappa shape index (κ2) is 6.65. The van der Waals surface area contributed by atoms with Gasteiger partial charge in [0.25, 0.3) is 5.91 Å². The van der Waals surface area contributed by atoms with E-state index in [-0.39, 0.29) is 0 Å². The topological polar surface area (TPSA) is 70.1 Å². The van der Waals surface area contributed by atoms with Crippen LogP contribution in [0.25, 0.3) is 16.0 Å². The van der Waals surface area contributed by atoms with E-state index in [9.17, 15) is 4.79 Å². The van der Waals surface area contributed by atoms with Gasteiger partial charge in [0.2, 0.25) is 0 Å². The Balaban J connectivity index is 1.69. The molecule has 2 heterocycles. The van der Waals surface area contributed by atoms with Crippen LogP contribution in [-0.2, 0) is 6.61 Å². The molecule has 0 radical (unpaired) electrons. The first kappa shape index (κ1) is 16.4. The predicted molar refractivity (Wildman–Crippen MR) is 103 cm³/mol. The monoisotopic (exact) mass is 363 g/mol. The third-order valence-corrected chi connectivity index (χ3v) is 5.37. The highest BCUT2D eigenvalue weighted by Crippen LogP contribution is 2.34. The van der Waals surface area contributed by atoms with Crippen LogP contribution < -0.4 is 10.5 Å². The third kappa shape index (κ3) is 2.95. The third-order valence-electron chi connectivity index (χ3n) is 4.24. The molecule has 0 saturated carbocycles. The Labute approximate surface area is 154 Å². The normalized spacial score (nSPS) is 11.0. The Hall–Kier alpha value is -3.12. The van der Waals surface area contributed by atoms with Crippen molar-refractivity contribution in [2.24, 2.45) is 5.73 Å². The lowest BCUT2D eigenvalue weighted by Crippen LogP contribution is -2.10. The highest BCUT2D eigenvalue weighted by Gasteiger charge is 2.18. The number of hydrogen-bond donors (Lipinski definition) is 1. The lowest BCUT2D eigenvalue weighted by Gasteiger charge is -2.08. The number of benzene rings is 2. The van der Waals surface area contributed by atoms with Crippen molar-refractivity contribution in [2.75, 3.05) is 0 Å². The Kier molecular flexibility index (Phi) is 4.18. The van der Waals surface area contributed by atoms with Gasteiger partial charge in [0.05, 0.1) is 11.0 Å². The summed E-state index contributed by atoms with van der Waals surface area (Å²) in [5.41, 5.74) is 9.64. The van der Waals surface area contributed by atoms with E-state index in [1.165, 1.54) is 11.3 Å². The Bertz CT molecular complexity index is 1100. The summed E-state index contributed by atoms with van der Waals surface area (Å²) in [5.74, 6) is 0.00369. The van der Waals surface area contributed by atoms with Crippen LogP contribution >= 0.6 is 11.3 Å². The number of rotatable bonds is 5. The van der Waals surface area contributed by atoms with Gasteiger partial charge in [0, 0.05) is 6.07 Å². The molecule has 1 amide bonds. The second-order valence-electron chi connectivity index (χ2n) is 5.96. The predicted octanol–water partition coefficient (Wildman–Crippen LogP) is 4.07. The van der Waals surface area contributed by atoms with Crippen LogP contribution in [0.4, 0.5) is 0 Å². The Morgan fingerprint density at radius 2 is 1.96 bits per heavy atom. The van der Waals surface area contributed by atoms with Crippen LogP contribution in [0.1, 0.15) is 20.8 Å². The van der Waals surface area contributed by atoms with Gasteiger partial charge in [-0.25, -0.2) is 4.98 Å². The van der Waals surface area contributed by atoms with Crippen molar-refractivity contribution in [1.29, 1.82) is 0 Å². The molecule has 2 aromatic carbocycles. The van der Waals surface area contributed by atoms with Crippen molar-refractivity contribution in [3.05, 3.63) is 76.9 Å². The maximum absolute atomic E-state index is 11.9. The largest absolute Gasteiger partial charge is 0.487 e. The van der Waals surface area contributed by atoms with Crippen molar-refractivity contribution < 1.29 is 9.53 Å². The Morgan fingerprint density at radius 1 is 1.19 bits per heavy atom. The van der Waals surface area contributed by atoms with E-state index in [2.05, 4.69) is 4.98 Å². The Morgan fingerprint density at radius 3 is 2.77 bits per heavy atom. The van der Waals surface area contributed by atoms with Crippen LogP contribution in [0.3, 0.4) is 0 Å². The number of nitrogens with two attached hydrogens (primary N) is 1. The van der Waals surface area contributed by atoms with Crippen molar-refractivity contribution in [1.82, 2.24) is 9.55 Å². The first-order valence-electron chi connectivity index (χ1n) is 8.17. The van der Waals surface area contributed by atoms with Gasteiger partial charge in [-0.1, -0.05) is 36.4 Å². The first-order chi connectivity index (χ1) is 12.6. The summed E-state index contributed by atoms with van der Waals surface area (Å²) in [4.78, 5) is 16.7. The zero-order chi connectivity index (χ0) is 18.1. The van der Waals surface area contributed by atoms with Gasteiger partial charge in [-0.2, -0.15) is 0 Å². The van der Waals surface area contributed by atoms with E-state index in [0.717, 1.165) is 27.2 Å².